The number of hydrogen-bond acceptors (Lipinski definition) is 1. The molecule has 0 bridgehead atoms. The van der Waals surface area contributed by atoms with E-state index < -0.39 is 0 Å². The van der Waals surface area contributed by atoms with Gasteiger partial charge in [-0.15, -0.1) is 0 Å². The molecule has 0 N–H and O–H groups in total. The maximum atomic E-state index is 12.6. The minimum absolute atomic E-state index is 0.293. The van der Waals surface area contributed by atoms with E-state index >= 15 is 0 Å². The second-order valence-corrected chi connectivity index (χ2v) is 3.29. The SMILES string of the molecule is Cn1nc(I)c(F)c1Br. The van der Waals surface area contributed by atoms with Crippen LogP contribution in [0.25, 0.3) is 0 Å². The Morgan fingerprint density at radius 1 is 1.78 bits per heavy atom. The molecule has 0 aromatic carbocycles. The van der Waals surface area contributed by atoms with E-state index in [0.717, 1.165) is 0 Å². The second-order valence-electron chi connectivity index (χ2n) is 1.52. The number of halogens is 3. The topological polar surface area (TPSA) is 17.8 Å². The molecule has 5 heteroatoms. The highest BCUT2D eigenvalue weighted by Gasteiger charge is 2.09. The minimum atomic E-state index is -0.293. The largest absolute Gasteiger partial charge is 0.257 e. The summed E-state index contributed by atoms with van der Waals surface area (Å²) in [5.41, 5.74) is 0. The van der Waals surface area contributed by atoms with Gasteiger partial charge in [0, 0.05) is 7.05 Å². The van der Waals surface area contributed by atoms with E-state index in [1.165, 1.54) is 4.68 Å². The van der Waals surface area contributed by atoms with Crippen LogP contribution in [0.1, 0.15) is 0 Å². The average Bonchev–Trinajstić information content (AvgIpc) is 1.98. The van der Waals surface area contributed by atoms with E-state index in [-0.39, 0.29) is 5.82 Å². The number of rotatable bonds is 0. The van der Waals surface area contributed by atoms with Crippen molar-refractivity contribution in [1.29, 1.82) is 0 Å². The maximum Gasteiger partial charge on any atom is 0.189 e. The molecule has 0 amide bonds. The first-order valence-corrected chi connectivity index (χ1v) is 4.03. The third-order valence-corrected chi connectivity index (χ3v) is 2.43. The summed E-state index contributed by atoms with van der Waals surface area (Å²) < 4.78 is 14.8. The van der Waals surface area contributed by atoms with Crippen molar-refractivity contribution in [3.05, 3.63) is 14.1 Å². The summed E-state index contributed by atoms with van der Waals surface area (Å²) in [5, 5.41) is 3.79. The van der Waals surface area contributed by atoms with Gasteiger partial charge in [-0.3, -0.25) is 4.68 Å². The highest BCUT2D eigenvalue weighted by atomic mass is 127. The van der Waals surface area contributed by atoms with Crippen molar-refractivity contribution in [2.24, 2.45) is 7.05 Å². The molecule has 0 unspecified atom stereocenters. The minimum Gasteiger partial charge on any atom is -0.257 e. The third-order valence-electron chi connectivity index (χ3n) is 0.884. The van der Waals surface area contributed by atoms with Gasteiger partial charge in [0.25, 0.3) is 0 Å². The fourth-order valence-corrected chi connectivity index (χ4v) is 1.66. The predicted molar refractivity (Wildman–Crippen MR) is 43.6 cm³/mol. The summed E-state index contributed by atoms with van der Waals surface area (Å²) in [6, 6.07) is 0. The van der Waals surface area contributed by atoms with Gasteiger partial charge in [-0.25, -0.2) is 4.39 Å². The van der Waals surface area contributed by atoms with Crippen LogP contribution in [-0.2, 0) is 7.05 Å². The monoisotopic (exact) mass is 304 g/mol. The number of aromatic nitrogens is 2. The Hall–Kier alpha value is 0.350. The number of hydrogen-bond donors (Lipinski definition) is 0. The lowest BCUT2D eigenvalue weighted by Gasteiger charge is -1.86. The molecule has 1 heterocycles. The summed E-state index contributed by atoms with van der Waals surface area (Å²) in [5.74, 6) is -0.293. The maximum absolute atomic E-state index is 12.6. The van der Waals surface area contributed by atoms with Gasteiger partial charge >= 0.3 is 0 Å². The molecule has 0 aliphatic rings. The zero-order chi connectivity index (χ0) is 7.02. The molecule has 50 valence electrons. The lowest BCUT2D eigenvalue weighted by molar-refractivity contribution is 0.609. The van der Waals surface area contributed by atoms with Crippen LogP contribution in [0.15, 0.2) is 4.60 Å². The van der Waals surface area contributed by atoms with Gasteiger partial charge in [-0.1, -0.05) is 0 Å². The van der Waals surface area contributed by atoms with E-state index in [4.69, 9.17) is 0 Å². The molecular weight excluding hydrogens is 302 g/mol. The molecule has 9 heavy (non-hydrogen) atoms. The molecule has 0 saturated carbocycles. The van der Waals surface area contributed by atoms with Crippen molar-refractivity contribution in [2.45, 2.75) is 0 Å². The molecule has 0 radical (unpaired) electrons. The molecule has 0 atom stereocenters. The van der Waals surface area contributed by atoms with E-state index in [0.29, 0.717) is 8.30 Å². The molecule has 0 saturated heterocycles. The molecule has 2 nitrogen and oxygen atoms in total. The van der Waals surface area contributed by atoms with Crippen molar-refractivity contribution in [3.8, 4) is 0 Å². The standard InChI is InChI=1S/C4H3BrFIN2/c1-9-3(5)2(6)4(7)8-9/h1H3. The fraction of sp³-hybridized carbons (Fsp3) is 0.250. The van der Waals surface area contributed by atoms with E-state index in [1.807, 2.05) is 22.6 Å². The lowest BCUT2D eigenvalue weighted by Crippen LogP contribution is -1.89. The van der Waals surface area contributed by atoms with Gasteiger partial charge < -0.3 is 0 Å². The Balaban J connectivity index is 3.29. The summed E-state index contributed by atoms with van der Waals surface area (Å²) >= 11 is 4.85. The first-order chi connectivity index (χ1) is 4.13. The van der Waals surface area contributed by atoms with Crippen molar-refractivity contribution < 1.29 is 4.39 Å². The normalized spacial score (nSPS) is 10.2. The van der Waals surface area contributed by atoms with Crippen molar-refractivity contribution in [3.63, 3.8) is 0 Å². The Labute approximate surface area is 73.7 Å². The molecule has 1 aromatic rings. The van der Waals surface area contributed by atoms with Crippen LogP contribution in [0.2, 0.25) is 0 Å². The van der Waals surface area contributed by atoms with Gasteiger partial charge in [0.05, 0.1) is 0 Å². The van der Waals surface area contributed by atoms with Crippen LogP contribution in [-0.4, -0.2) is 9.78 Å². The van der Waals surface area contributed by atoms with Crippen LogP contribution in [0, 0.1) is 9.52 Å². The Kier molecular flexibility index (Phi) is 2.10. The van der Waals surface area contributed by atoms with Gasteiger partial charge in [-0.05, 0) is 38.5 Å². The second kappa shape index (κ2) is 2.53. The average molecular weight is 305 g/mol. The molecule has 0 spiro atoms. The Morgan fingerprint density at radius 2 is 2.33 bits per heavy atom. The lowest BCUT2D eigenvalue weighted by atomic mass is 10.7. The predicted octanol–water partition coefficient (Wildman–Crippen LogP) is 1.93. The molecule has 0 fully saturated rings. The molecule has 1 aromatic heterocycles. The summed E-state index contributed by atoms with van der Waals surface area (Å²) in [6.45, 7) is 0. The van der Waals surface area contributed by atoms with Crippen LogP contribution >= 0.6 is 38.5 Å². The first-order valence-electron chi connectivity index (χ1n) is 2.16. The highest BCUT2D eigenvalue weighted by molar-refractivity contribution is 14.1. The van der Waals surface area contributed by atoms with E-state index in [1.54, 1.807) is 7.05 Å². The quantitative estimate of drug-likeness (QED) is 0.670. The van der Waals surface area contributed by atoms with Gasteiger partial charge in [0.15, 0.2) is 9.52 Å². The zero-order valence-electron chi connectivity index (χ0n) is 4.53. The summed E-state index contributed by atoms with van der Waals surface area (Å²) in [7, 11) is 1.68. The van der Waals surface area contributed by atoms with Crippen molar-refractivity contribution in [1.82, 2.24) is 9.78 Å². The molecule has 0 aliphatic carbocycles. The number of aryl methyl sites for hydroxylation is 1. The fourth-order valence-electron chi connectivity index (χ4n) is 0.447. The van der Waals surface area contributed by atoms with E-state index in [2.05, 4.69) is 21.0 Å². The highest BCUT2D eigenvalue weighted by Crippen LogP contribution is 2.18. The van der Waals surface area contributed by atoms with Crippen LogP contribution < -0.4 is 0 Å². The smallest absolute Gasteiger partial charge is 0.189 e. The third kappa shape index (κ3) is 1.26. The van der Waals surface area contributed by atoms with E-state index in [9.17, 15) is 4.39 Å². The molecule has 1 rings (SSSR count). The van der Waals surface area contributed by atoms with Crippen LogP contribution in [0.5, 0.6) is 0 Å². The Bertz CT molecular complexity index is 212. The van der Waals surface area contributed by atoms with Crippen LogP contribution in [0.4, 0.5) is 4.39 Å². The summed E-state index contributed by atoms with van der Waals surface area (Å²) in [4.78, 5) is 0. The Morgan fingerprint density at radius 3 is 2.44 bits per heavy atom. The van der Waals surface area contributed by atoms with Gasteiger partial charge in [-0.2, -0.15) is 5.10 Å². The zero-order valence-corrected chi connectivity index (χ0v) is 8.27. The molecular formula is C4H3BrFIN2. The first kappa shape index (κ1) is 7.46. The van der Waals surface area contributed by atoms with Crippen molar-refractivity contribution in [2.75, 3.05) is 0 Å². The van der Waals surface area contributed by atoms with Gasteiger partial charge in [0.1, 0.15) is 4.60 Å². The number of nitrogens with zero attached hydrogens (tertiary/aromatic N) is 2. The van der Waals surface area contributed by atoms with Crippen molar-refractivity contribution >= 4 is 38.5 Å². The van der Waals surface area contributed by atoms with Gasteiger partial charge in [0.2, 0.25) is 0 Å². The van der Waals surface area contributed by atoms with Crippen LogP contribution in [0.3, 0.4) is 0 Å². The summed E-state index contributed by atoms with van der Waals surface area (Å²) in [6.07, 6.45) is 0. The molecule has 0 aliphatic heterocycles.